The normalized spacial score (nSPS) is 13.2. The second kappa shape index (κ2) is 45.3. The largest absolute Gasteiger partial charge is 0.472 e. The molecule has 0 aliphatic carbocycles. The Bertz CT molecular complexity index is 964. The van der Waals surface area contributed by atoms with E-state index in [4.69, 9.17) is 24.3 Å². The number of nitrogens with two attached hydrogens (primary N) is 1. The molecule has 0 bridgehead atoms. The van der Waals surface area contributed by atoms with E-state index in [1.54, 1.807) is 0 Å². The third-order valence-corrected chi connectivity index (χ3v) is 11.9. The highest BCUT2D eigenvalue weighted by Crippen LogP contribution is 2.43. The second-order valence-corrected chi connectivity index (χ2v) is 18.1. The van der Waals surface area contributed by atoms with E-state index in [-0.39, 0.29) is 38.6 Å². The summed E-state index contributed by atoms with van der Waals surface area (Å²) in [6.07, 6.45) is 48.1. The standard InChI is InChI=1S/C48H94NO8P/c1-3-5-7-9-11-13-15-17-19-21-23-25-27-29-31-33-35-37-39-41-48(51)57-46(45-56-58(52,53)55-43-42-49)44-54-47(50)40-38-36-34-32-30-28-26-24-22-20-18-16-14-12-10-8-6-4-2/h21,23,46H,3-20,22,24-45,49H2,1-2H3,(H,52,53)/b23-21-/t46-/m1/s1. The molecule has 0 saturated heterocycles. The highest BCUT2D eigenvalue weighted by Gasteiger charge is 2.26. The third kappa shape index (κ3) is 44.3. The maximum Gasteiger partial charge on any atom is 0.472 e. The topological polar surface area (TPSA) is 134 Å². The van der Waals surface area contributed by atoms with E-state index in [0.717, 1.165) is 44.9 Å². The van der Waals surface area contributed by atoms with Gasteiger partial charge in [-0.1, -0.05) is 212 Å². The van der Waals surface area contributed by atoms with Crippen molar-refractivity contribution in [3.05, 3.63) is 12.2 Å². The first-order valence-electron chi connectivity index (χ1n) is 24.7. The smallest absolute Gasteiger partial charge is 0.462 e. The molecule has 1 unspecified atom stereocenters. The van der Waals surface area contributed by atoms with Gasteiger partial charge in [0.25, 0.3) is 0 Å². The van der Waals surface area contributed by atoms with Crippen LogP contribution in [0.1, 0.15) is 251 Å². The maximum atomic E-state index is 12.6. The lowest BCUT2D eigenvalue weighted by Crippen LogP contribution is -2.29. The highest BCUT2D eigenvalue weighted by atomic mass is 31.2. The van der Waals surface area contributed by atoms with E-state index in [1.807, 2.05) is 0 Å². The molecule has 58 heavy (non-hydrogen) atoms. The minimum atomic E-state index is -4.38. The van der Waals surface area contributed by atoms with Crippen molar-refractivity contribution in [1.82, 2.24) is 0 Å². The molecule has 0 rings (SSSR count). The molecule has 0 aromatic rings. The van der Waals surface area contributed by atoms with Gasteiger partial charge in [-0.3, -0.25) is 18.6 Å². The molecule has 2 atom stereocenters. The second-order valence-electron chi connectivity index (χ2n) is 16.7. The van der Waals surface area contributed by atoms with Gasteiger partial charge in [-0.25, -0.2) is 4.57 Å². The summed E-state index contributed by atoms with van der Waals surface area (Å²) in [5.74, 6) is -0.818. The van der Waals surface area contributed by atoms with Gasteiger partial charge in [-0.05, 0) is 38.5 Å². The first kappa shape index (κ1) is 56.8. The molecule has 0 aliphatic heterocycles. The Hall–Kier alpha value is -1.25. The summed E-state index contributed by atoms with van der Waals surface area (Å²) in [6.45, 7) is 3.78. The van der Waals surface area contributed by atoms with Crippen LogP contribution in [0, 0.1) is 0 Å². The molecule has 0 fully saturated rings. The minimum Gasteiger partial charge on any atom is -0.462 e. The van der Waals surface area contributed by atoms with Crippen molar-refractivity contribution in [2.75, 3.05) is 26.4 Å². The van der Waals surface area contributed by atoms with Crippen molar-refractivity contribution in [3.8, 4) is 0 Å². The van der Waals surface area contributed by atoms with Gasteiger partial charge < -0.3 is 20.1 Å². The molecule has 0 saturated carbocycles. The number of rotatable bonds is 47. The van der Waals surface area contributed by atoms with Crippen LogP contribution >= 0.6 is 7.82 Å². The first-order chi connectivity index (χ1) is 28.3. The van der Waals surface area contributed by atoms with Crippen LogP contribution in [-0.4, -0.2) is 49.3 Å². The number of carbonyl (C=O) groups is 2. The number of carbonyl (C=O) groups excluding carboxylic acids is 2. The fourth-order valence-corrected chi connectivity index (χ4v) is 7.99. The molecule has 9 nitrogen and oxygen atoms in total. The number of ether oxygens (including phenoxy) is 2. The first-order valence-corrected chi connectivity index (χ1v) is 26.2. The Morgan fingerprint density at radius 2 is 0.845 bits per heavy atom. The van der Waals surface area contributed by atoms with Crippen LogP contribution in [0.4, 0.5) is 0 Å². The fraction of sp³-hybridized carbons (Fsp3) is 0.917. The Morgan fingerprint density at radius 3 is 1.22 bits per heavy atom. The third-order valence-electron chi connectivity index (χ3n) is 10.9. The van der Waals surface area contributed by atoms with E-state index in [1.165, 1.54) is 173 Å². The number of phosphoric acid groups is 1. The van der Waals surface area contributed by atoms with Crippen LogP contribution in [0.3, 0.4) is 0 Å². The summed E-state index contributed by atoms with van der Waals surface area (Å²) < 4.78 is 32.9. The van der Waals surface area contributed by atoms with E-state index in [9.17, 15) is 19.0 Å². The van der Waals surface area contributed by atoms with Crippen LogP contribution in [0.5, 0.6) is 0 Å². The molecule has 0 aromatic heterocycles. The van der Waals surface area contributed by atoms with Gasteiger partial charge in [0.05, 0.1) is 13.2 Å². The predicted octanol–water partition coefficient (Wildman–Crippen LogP) is 14.6. The molecule has 0 aromatic carbocycles. The Morgan fingerprint density at radius 1 is 0.500 bits per heavy atom. The van der Waals surface area contributed by atoms with Crippen molar-refractivity contribution in [1.29, 1.82) is 0 Å². The lowest BCUT2D eigenvalue weighted by Gasteiger charge is -2.19. The van der Waals surface area contributed by atoms with E-state index >= 15 is 0 Å². The van der Waals surface area contributed by atoms with Gasteiger partial charge in [-0.15, -0.1) is 0 Å². The van der Waals surface area contributed by atoms with Gasteiger partial charge in [0.15, 0.2) is 6.10 Å². The van der Waals surface area contributed by atoms with Crippen LogP contribution in [0.15, 0.2) is 12.2 Å². The number of esters is 2. The van der Waals surface area contributed by atoms with Crippen LogP contribution in [0.2, 0.25) is 0 Å². The molecule has 3 N–H and O–H groups in total. The summed E-state index contributed by atoms with van der Waals surface area (Å²) in [6, 6.07) is 0. The average Bonchev–Trinajstić information content (AvgIpc) is 3.21. The van der Waals surface area contributed by atoms with Gasteiger partial charge >= 0.3 is 19.8 Å². The highest BCUT2D eigenvalue weighted by molar-refractivity contribution is 7.47. The molecular formula is C48H94NO8P. The quantitative estimate of drug-likeness (QED) is 0.0266. The SMILES string of the molecule is CCCCCCCCCC/C=C\CCCCCCCCCC(=O)O[C@H](COC(=O)CCCCCCCCCCCCCCCCCCCC)COP(=O)(O)OCCN. The van der Waals surface area contributed by atoms with Crippen LogP contribution in [-0.2, 0) is 32.7 Å². The summed E-state index contributed by atoms with van der Waals surface area (Å²) >= 11 is 0. The Labute approximate surface area is 358 Å². The molecule has 0 spiro atoms. The van der Waals surface area contributed by atoms with E-state index < -0.39 is 26.5 Å². The zero-order chi connectivity index (χ0) is 42.5. The zero-order valence-electron chi connectivity index (χ0n) is 38.1. The summed E-state index contributed by atoms with van der Waals surface area (Å²) in [7, 11) is -4.38. The summed E-state index contributed by atoms with van der Waals surface area (Å²) in [4.78, 5) is 35.0. The average molecular weight is 844 g/mol. The number of allylic oxidation sites excluding steroid dienone is 2. The lowest BCUT2D eigenvalue weighted by atomic mass is 10.0. The van der Waals surface area contributed by atoms with Crippen molar-refractivity contribution in [3.63, 3.8) is 0 Å². The van der Waals surface area contributed by atoms with Gasteiger partial charge in [0.1, 0.15) is 6.61 Å². The number of hydrogen-bond acceptors (Lipinski definition) is 8. The molecule has 344 valence electrons. The molecule has 0 aliphatic rings. The van der Waals surface area contributed by atoms with Crippen molar-refractivity contribution >= 4 is 19.8 Å². The minimum absolute atomic E-state index is 0.0557. The molecule has 0 heterocycles. The van der Waals surface area contributed by atoms with Crippen molar-refractivity contribution < 1.29 is 37.6 Å². The summed E-state index contributed by atoms with van der Waals surface area (Å²) in [5.41, 5.74) is 5.36. The van der Waals surface area contributed by atoms with Crippen LogP contribution in [0.25, 0.3) is 0 Å². The monoisotopic (exact) mass is 844 g/mol. The Balaban J connectivity index is 4.05. The predicted molar refractivity (Wildman–Crippen MR) is 243 cm³/mol. The van der Waals surface area contributed by atoms with E-state index in [2.05, 4.69) is 26.0 Å². The summed E-state index contributed by atoms with van der Waals surface area (Å²) in [5, 5.41) is 0. The number of hydrogen-bond donors (Lipinski definition) is 2. The molecular weight excluding hydrogens is 750 g/mol. The van der Waals surface area contributed by atoms with Gasteiger partial charge in [-0.2, -0.15) is 0 Å². The van der Waals surface area contributed by atoms with Crippen molar-refractivity contribution in [2.24, 2.45) is 5.73 Å². The van der Waals surface area contributed by atoms with Gasteiger partial charge in [0, 0.05) is 19.4 Å². The maximum absolute atomic E-state index is 12.6. The van der Waals surface area contributed by atoms with Gasteiger partial charge in [0.2, 0.25) is 0 Å². The van der Waals surface area contributed by atoms with Crippen molar-refractivity contribution in [2.45, 2.75) is 258 Å². The number of unbranched alkanes of at least 4 members (excludes halogenated alkanes) is 32. The molecule has 0 amide bonds. The zero-order valence-corrected chi connectivity index (χ0v) is 38.9. The fourth-order valence-electron chi connectivity index (χ4n) is 7.22. The molecule has 10 heteroatoms. The lowest BCUT2D eigenvalue weighted by molar-refractivity contribution is -0.161. The van der Waals surface area contributed by atoms with E-state index in [0.29, 0.717) is 6.42 Å². The Kier molecular flexibility index (Phi) is 44.3. The molecule has 0 radical (unpaired) electrons. The number of phosphoric ester groups is 1. The van der Waals surface area contributed by atoms with Crippen LogP contribution < -0.4 is 5.73 Å².